The minimum atomic E-state index is -0.807. The quantitative estimate of drug-likeness (QED) is 0.204. The highest BCUT2D eigenvalue weighted by Gasteiger charge is 2.48. The van der Waals surface area contributed by atoms with Crippen LogP contribution in [0.2, 0.25) is 0 Å². The average Bonchev–Trinajstić information content (AvgIpc) is 3.42. The van der Waals surface area contributed by atoms with E-state index in [4.69, 9.17) is 4.74 Å². The molecule has 1 N–H and O–H groups in total. The number of amides is 1. The summed E-state index contributed by atoms with van der Waals surface area (Å²) in [5, 5.41) is 11.9. The van der Waals surface area contributed by atoms with Crippen LogP contribution >= 0.6 is 11.3 Å². The van der Waals surface area contributed by atoms with Crippen LogP contribution in [0.3, 0.4) is 0 Å². The normalized spacial score (nSPS) is 17.2. The van der Waals surface area contributed by atoms with Gasteiger partial charge in [0.15, 0.2) is 5.13 Å². The van der Waals surface area contributed by atoms with Crippen LogP contribution in [0, 0.1) is 13.8 Å². The number of aromatic nitrogens is 1. The number of hydrogen-bond acceptors (Lipinski definition) is 6. The summed E-state index contributed by atoms with van der Waals surface area (Å²) in [6.45, 7) is 5.86. The molecule has 1 unspecified atom stereocenters. The lowest BCUT2D eigenvalue weighted by molar-refractivity contribution is -0.132. The van der Waals surface area contributed by atoms with Crippen LogP contribution in [0.15, 0.2) is 66.2 Å². The Bertz CT molecular complexity index is 1530. The van der Waals surface area contributed by atoms with Crippen LogP contribution in [0.25, 0.3) is 16.0 Å². The number of anilines is 1. The number of methoxy groups -OCH3 is 1. The minimum Gasteiger partial charge on any atom is -0.507 e. The Morgan fingerprint density at radius 2 is 1.81 bits per heavy atom. The van der Waals surface area contributed by atoms with E-state index in [1.54, 1.807) is 13.2 Å². The van der Waals surface area contributed by atoms with Gasteiger partial charge in [-0.1, -0.05) is 60.2 Å². The Morgan fingerprint density at radius 3 is 2.50 bits per heavy atom. The van der Waals surface area contributed by atoms with Gasteiger partial charge in [0.25, 0.3) is 5.78 Å². The molecule has 1 atom stereocenters. The van der Waals surface area contributed by atoms with Gasteiger partial charge in [-0.05, 0) is 61.2 Å². The molecule has 0 radical (unpaired) electrons. The van der Waals surface area contributed by atoms with Crippen LogP contribution in [-0.2, 0) is 16.0 Å². The van der Waals surface area contributed by atoms with Gasteiger partial charge in [0, 0.05) is 5.56 Å². The van der Waals surface area contributed by atoms with E-state index in [1.807, 2.05) is 68.4 Å². The Balaban J connectivity index is 1.73. The number of ether oxygens (including phenoxy) is 1. The van der Waals surface area contributed by atoms with Gasteiger partial charge in [-0.3, -0.25) is 14.5 Å². The number of fused-ring (bicyclic) bond motifs is 1. The first-order valence-corrected chi connectivity index (χ1v) is 12.6. The van der Waals surface area contributed by atoms with Gasteiger partial charge in [-0.2, -0.15) is 0 Å². The molecule has 0 bridgehead atoms. The van der Waals surface area contributed by atoms with Gasteiger partial charge in [-0.15, -0.1) is 0 Å². The van der Waals surface area contributed by atoms with Crippen LogP contribution < -0.4 is 9.64 Å². The molecule has 6 nitrogen and oxygen atoms in total. The SMILES string of the molecule is CCc1ccc(C2C(=C(O)c3cc(C)ccc3C)C(=O)C(=O)N2c2nc3ccc(OC)cc3s2)cc1. The molecule has 1 aliphatic rings. The third kappa shape index (κ3) is 3.95. The van der Waals surface area contributed by atoms with Crippen LogP contribution in [0.5, 0.6) is 5.75 Å². The van der Waals surface area contributed by atoms with Crippen LogP contribution in [0.1, 0.15) is 40.8 Å². The molecule has 182 valence electrons. The van der Waals surface area contributed by atoms with E-state index >= 15 is 0 Å². The highest BCUT2D eigenvalue weighted by molar-refractivity contribution is 7.22. The van der Waals surface area contributed by atoms with Gasteiger partial charge >= 0.3 is 5.91 Å². The summed E-state index contributed by atoms with van der Waals surface area (Å²) in [6, 6.07) is 18.1. The molecular weight excluding hydrogens is 472 g/mol. The van der Waals surface area contributed by atoms with Crippen LogP contribution in [0.4, 0.5) is 5.13 Å². The maximum absolute atomic E-state index is 13.5. The summed E-state index contributed by atoms with van der Waals surface area (Å²) in [5.74, 6) is -0.932. The van der Waals surface area contributed by atoms with E-state index in [9.17, 15) is 14.7 Å². The van der Waals surface area contributed by atoms with Crippen molar-refractivity contribution in [3.8, 4) is 5.75 Å². The molecule has 4 aromatic rings. The van der Waals surface area contributed by atoms with Crippen molar-refractivity contribution >= 4 is 44.1 Å². The van der Waals surface area contributed by atoms with Crippen molar-refractivity contribution in [1.82, 2.24) is 4.98 Å². The molecule has 1 saturated heterocycles. The molecule has 0 saturated carbocycles. The lowest BCUT2D eigenvalue weighted by Crippen LogP contribution is -2.29. The predicted octanol–water partition coefficient (Wildman–Crippen LogP) is 6.11. The third-order valence-electron chi connectivity index (χ3n) is 6.59. The number of rotatable bonds is 5. The molecule has 7 heteroatoms. The molecule has 1 aliphatic heterocycles. The number of benzene rings is 3. The van der Waals surface area contributed by atoms with E-state index in [0.717, 1.165) is 33.4 Å². The van der Waals surface area contributed by atoms with Gasteiger partial charge in [-0.25, -0.2) is 4.98 Å². The Hall–Kier alpha value is -3.97. The highest BCUT2D eigenvalue weighted by atomic mass is 32.1. The second kappa shape index (κ2) is 9.24. The monoisotopic (exact) mass is 498 g/mol. The summed E-state index contributed by atoms with van der Waals surface area (Å²) in [4.78, 5) is 33.0. The van der Waals surface area contributed by atoms with Crippen molar-refractivity contribution in [2.24, 2.45) is 0 Å². The molecule has 0 aliphatic carbocycles. The van der Waals surface area contributed by atoms with Crippen molar-refractivity contribution < 1.29 is 19.4 Å². The summed E-state index contributed by atoms with van der Waals surface area (Å²) in [6.07, 6.45) is 0.864. The van der Waals surface area contributed by atoms with E-state index in [2.05, 4.69) is 11.9 Å². The summed E-state index contributed by atoms with van der Waals surface area (Å²) < 4.78 is 6.16. The molecule has 3 aromatic carbocycles. The van der Waals surface area contributed by atoms with Crippen molar-refractivity contribution in [2.45, 2.75) is 33.2 Å². The molecule has 36 heavy (non-hydrogen) atoms. The topological polar surface area (TPSA) is 79.7 Å². The maximum atomic E-state index is 13.5. The molecule has 1 amide bonds. The van der Waals surface area contributed by atoms with E-state index in [-0.39, 0.29) is 11.3 Å². The zero-order valence-electron chi connectivity index (χ0n) is 20.5. The van der Waals surface area contributed by atoms with Gasteiger partial charge in [0.2, 0.25) is 0 Å². The average molecular weight is 499 g/mol. The summed E-state index contributed by atoms with van der Waals surface area (Å²) in [5.41, 5.74) is 4.93. The number of aliphatic hydroxyl groups excluding tert-OH is 1. The number of hydrogen-bond donors (Lipinski definition) is 1. The number of Topliss-reactive ketones (excluding diaryl/α,β-unsaturated/α-hetero) is 1. The van der Waals surface area contributed by atoms with Gasteiger partial charge in [0.05, 0.1) is 28.9 Å². The molecule has 2 heterocycles. The maximum Gasteiger partial charge on any atom is 0.301 e. The molecular formula is C29H26N2O4S. The summed E-state index contributed by atoms with van der Waals surface area (Å²) in [7, 11) is 1.59. The fourth-order valence-corrected chi connectivity index (χ4v) is 5.56. The number of nitrogens with zero attached hydrogens (tertiary/aromatic N) is 2. The van der Waals surface area contributed by atoms with Gasteiger partial charge < -0.3 is 9.84 Å². The first-order valence-electron chi connectivity index (χ1n) is 11.7. The van der Waals surface area contributed by atoms with E-state index in [0.29, 0.717) is 22.0 Å². The lowest BCUT2D eigenvalue weighted by atomic mass is 9.93. The fraction of sp³-hybridized carbons (Fsp3) is 0.207. The first-order chi connectivity index (χ1) is 17.3. The van der Waals surface area contributed by atoms with Crippen molar-refractivity contribution in [2.75, 3.05) is 12.0 Å². The molecule has 1 fully saturated rings. The fourth-order valence-electron chi connectivity index (χ4n) is 4.54. The van der Waals surface area contributed by atoms with Crippen molar-refractivity contribution in [3.05, 3.63) is 94.1 Å². The predicted molar refractivity (Wildman–Crippen MR) is 143 cm³/mol. The Morgan fingerprint density at radius 1 is 1.06 bits per heavy atom. The minimum absolute atomic E-state index is 0.0646. The molecule has 5 rings (SSSR count). The van der Waals surface area contributed by atoms with Gasteiger partial charge in [0.1, 0.15) is 11.5 Å². The largest absolute Gasteiger partial charge is 0.507 e. The molecule has 1 aromatic heterocycles. The standard InChI is InChI=1S/C29H26N2O4S/c1-5-18-8-10-19(11-9-18)25-24(26(32)21-14-16(2)6-7-17(21)3)27(33)28(34)31(25)29-30-22-13-12-20(35-4)15-23(22)36-29/h6-15,25,32H,5H2,1-4H3. The third-order valence-corrected chi connectivity index (χ3v) is 7.60. The molecule has 0 spiro atoms. The van der Waals surface area contributed by atoms with Crippen molar-refractivity contribution in [3.63, 3.8) is 0 Å². The van der Waals surface area contributed by atoms with E-state index < -0.39 is 17.7 Å². The number of aryl methyl sites for hydroxylation is 3. The summed E-state index contributed by atoms with van der Waals surface area (Å²) >= 11 is 1.31. The van der Waals surface area contributed by atoms with Crippen LogP contribution in [-0.4, -0.2) is 28.9 Å². The second-order valence-corrected chi connectivity index (χ2v) is 9.92. The van der Waals surface area contributed by atoms with E-state index in [1.165, 1.54) is 16.2 Å². The first kappa shape index (κ1) is 23.8. The zero-order chi connectivity index (χ0) is 25.6. The Labute approximate surface area is 213 Å². The lowest BCUT2D eigenvalue weighted by Gasteiger charge is -2.23. The number of aliphatic hydroxyl groups is 1. The number of carbonyl (C=O) groups excluding carboxylic acids is 2. The zero-order valence-corrected chi connectivity index (χ0v) is 21.3. The smallest absolute Gasteiger partial charge is 0.301 e. The number of thiazole rings is 1. The second-order valence-electron chi connectivity index (χ2n) is 8.91. The number of carbonyl (C=O) groups is 2. The number of ketones is 1. The Kier molecular flexibility index (Phi) is 6.10. The van der Waals surface area contributed by atoms with Crippen molar-refractivity contribution in [1.29, 1.82) is 0 Å². The highest BCUT2D eigenvalue weighted by Crippen LogP contribution is 2.45.